The zero-order chi connectivity index (χ0) is 18.1. The van der Waals surface area contributed by atoms with Gasteiger partial charge in [0.15, 0.2) is 0 Å². The van der Waals surface area contributed by atoms with Crippen LogP contribution in [0.4, 0.5) is 14.7 Å². The van der Waals surface area contributed by atoms with Gasteiger partial charge in [-0.25, -0.2) is 18.7 Å². The number of hydrogen-bond donors (Lipinski definition) is 1. The summed E-state index contributed by atoms with van der Waals surface area (Å²) in [5, 5.41) is 4.14. The topological polar surface area (TPSA) is 41.0 Å². The van der Waals surface area contributed by atoms with Crippen LogP contribution in [-0.4, -0.2) is 35.6 Å². The number of aromatic nitrogens is 2. The van der Waals surface area contributed by atoms with E-state index >= 15 is 0 Å². The van der Waals surface area contributed by atoms with Crippen LogP contribution in [-0.2, 0) is 0 Å². The Morgan fingerprint density at radius 2 is 2.00 bits per heavy atom. The highest BCUT2D eigenvalue weighted by molar-refractivity contribution is 5.93. The number of para-hydroxylation sites is 1. The first-order valence-electron chi connectivity index (χ1n) is 8.87. The SMILES string of the molecule is CCC1CNCCN1c1nc(-c2ccc(F)cc2F)c2ccccc2n1. The highest BCUT2D eigenvalue weighted by Gasteiger charge is 2.24. The summed E-state index contributed by atoms with van der Waals surface area (Å²) in [4.78, 5) is 11.6. The summed E-state index contributed by atoms with van der Waals surface area (Å²) in [6, 6.07) is 11.4. The Bertz CT molecular complexity index is 944. The summed E-state index contributed by atoms with van der Waals surface area (Å²) in [6.45, 7) is 4.65. The average Bonchev–Trinajstić information content (AvgIpc) is 2.67. The molecule has 1 atom stereocenters. The Balaban J connectivity index is 1.91. The van der Waals surface area contributed by atoms with Crippen molar-refractivity contribution in [3.63, 3.8) is 0 Å². The summed E-state index contributed by atoms with van der Waals surface area (Å²) in [6.07, 6.45) is 0.962. The molecule has 0 saturated carbocycles. The third-order valence-corrected chi connectivity index (χ3v) is 4.86. The van der Waals surface area contributed by atoms with Gasteiger partial charge in [0.05, 0.1) is 11.2 Å². The van der Waals surface area contributed by atoms with Gasteiger partial charge in [0.1, 0.15) is 11.6 Å². The summed E-state index contributed by atoms with van der Waals surface area (Å²) in [5.74, 6) is -0.624. The van der Waals surface area contributed by atoms with E-state index in [1.54, 1.807) is 0 Å². The van der Waals surface area contributed by atoms with Crippen LogP contribution in [0, 0.1) is 11.6 Å². The molecule has 1 aromatic heterocycles. The van der Waals surface area contributed by atoms with E-state index < -0.39 is 11.6 Å². The molecule has 134 valence electrons. The van der Waals surface area contributed by atoms with Crippen LogP contribution in [0.5, 0.6) is 0 Å². The highest BCUT2D eigenvalue weighted by Crippen LogP contribution is 2.31. The molecule has 2 aromatic carbocycles. The van der Waals surface area contributed by atoms with E-state index in [9.17, 15) is 8.78 Å². The maximum Gasteiger partial charge on any atom is 0.226 e. The summed E-state index contributed by atoms with van der Waals surface area (Å²) < 4.78 is 27.8. The number of hydrogen-bond acceptors (Lipinski definition) is 4. The first-order valence-corrected chi connectivity index (χ1v) is 8.87. The molecule has 4 rings (SSSR count). The molecule has 1 aliphatic rings. The second kappa shape index (κ2) is 6.96. The Morgan fingerprint density at radius 1 is 1.15 bits per heavy atom. The Kier molecular flexibility index (Phi) is 4.51. The lowest BCUT2D eigenvalue weighted by molar-refractivity contribution is 0.460. The first kappa shape index (κ1) is 16.8. The third kappa shape index (κ3) is 3.01. The monoisotopic (exact) mass is 354 g/mol. The molecule has 2 heterocycles. The quantitative estimate of drug-likeness (QED) is 0.777. The number of rotatable bonds is 3. The minimum Gasteiger partial charge on any atom is -0.335 e. The minimum atomic E-state index is -0.618. The largest absolute Gasteiger partial charge is 0.335 e. The fraction of sp³-hybridized carbons (Fsp3) is 0.300. The van der Waals surface area contributed by atoms with Crippen molar-refractivity contribution in [3.8, 4) is 11.3 Å². The fourth-order valence-corrected chi connectivity index (χ4v) is 3.47. The van der Waals surface area contributed by atoms with Gasteiger partial charge in [0.25, 0.3) is 0 Å². The molecule has 1 aliphatic heterocycles. The Hall–Kier alpha value is -2.60. The highest BCUT2D eigenvalue weighted by atomic mass is 19.1. The van der Waals surface area contributed by atoms with Gasteiger partial charge in [0.2, 0.25) is 5.95 Å². The zero-order valence-corrected chi connectivity index (χ0v) is 14.5. The van der Waals surface area contributed by atoms with Crippen LogP contribution in [0.15, 0.2) is 42.5 Å². The predicted octanol–water partition coefficient (Wildman–Crippen LogP) is 3.76. The first-order chi connectivity index (χ1) is 12.7. The van der Waals surface area contributed by atoms with Crippen LogP contribution < -0.4 is 10.2 Å². The lowest BCUT2D eigenvalue weighted by Crippen LogP contribution is -2.51. The summed E-state index contributed by atoms with van der Waals surface area (Å²) in [7, 11) is 0. The maximum absolute atomic E-state index is 14.5. The molecule has 0 aliphatic carbocycles. The maximum atomic E-state index is 14.5. The van der Waals surface area contributed by atoms with Crippen LogP contribution >= 0.6 is 0 Å². The molecule has 6 heteroatoms. The van der Waals surface area contributed by atoms with Gasteiger partial charge < -0.3 is 10.2 Å². The molecular weight excluding hydrogens is 334 g/mol. The van der Waals surface area contributed by atoms with Crippen LogP contribution in [0.2, 0.25) is 0 Å². The van der Waals surface area contributed by atoms with Gasteiger partial charge in [0, 0.05) is 42.7 Å². The molecule has 26 heavy (non-hydrogen) atoms. The second-order valence-electron chi connectivity index (χ2n) is 6.47. The van der Waals surface area contributed by atoms with Crippen molar-refractivity contribution in [2.45, 2.75) is 19.4 Å². The van der Waals surface area contributed by atoms with Crippen molar-refractivity contribution in [1.29, 1.82) is 0 Å². The molecule has 0 bridgehead atoms. The molecular formula is C20H20F2N4. The molecule has 1 N–H and O–H groups in total. The van der Waals surface area contributed by atoms with E-state index in [-0.39, 0.29) is 11.6 Å². The summed E-state index contributed by atoms with van der Waals surface area (Å²) >= 11 is 0. The Morgan fingerprint density at radius 3 is 2.81 bits per heavy atom. The Labute approximate surface area is 150 Å². The van der Waals surface area contributed by atoms with Crippen molar-refractivity contribution in [1.82, 2.24) is 15.3 Å². The molecule has 1 fully saturated rings. The smallest absolute Gasteiger partial charge is 0.226 e. The molecule has 0 amide bonds. The number of benzene rings is 2. The third-order valence-electron chi connectivity index (χ3n) is 4.86. The van der Waals surface area contributed by atoms with E-state index in [0.29, 0.717) is 11.6 Å². The van der Waals surface area contributed by atoms with E-state index in [2.05, 4.69) is 17.1 Å². The van der Waals surface area contributed by atoms with E-state index in [1.165, 1.54) is 12.1 Å². The molecule has 0 spiro atoms. The van der Waals surface area contributed by atoms with Gasteiger partial charge >= 0.3 is 0 Å². The normalized spacial score (nSPS) is 17.7. The van der Waals surface area contributed by atoms with E-state index in [1.807, 2.05) is 24.3 Å². The number of halogens is 2. The molecule has 1 unspecified atom stereocenters. The number of anilines is 1. The molecule has 1 saturated heterocycles. The molecule has 3 aromatic rings. The average molecular weight is 354 g/mol. The van der Waals surface area contributed by atoms with E-state index in [4.69, 9.17) is 9.97 Å². The van der Waals surface area contributed by atoms with Crippen LogP contribution in [0.25, 0.3) is 22.2 Å². The lowest BCUT2D eigenvalue weighted by Gasteiger charge is -2.36. The van der Waals surface area contributed by atoms with Gasteiger partial charge in [-0.05, 0) is 24.6 Å². The minimum absolute atomic E-state index is 0.287. The van der Waals surface area contributed by atoms with Crippen molar-refractivity contribution in [3.05, 3.63) is 54.1 Å². The van der Waals surface area contributed by atoms with Gasteiger partial charge in [-0.1, -0.05) is 25.1 Å². The van der Waals surface area contributed by atoms with Crippen LogP contribution in [0.3, 0.4) is 0 Å². The van der Waals surface area contributed by atoms with Crippen LogP contribution in [0.1, 0.15) is 13.3 Å². The zero-order valence-electron chi connectivity index (χ0n) is 14.5. The summed E-state index contributed by atoms with van der Waals surface area (Å²) in [5.41, 5.74) is 1.54. The van der Waals surface area contributed by atoms with E-state index in [0.717, 1.165) is 43.0 Å². The number of nitrogens with zero attached hydrogens (tertiary/aromatic N) is 3. The predicted molar refractivity (Wildman–Crippen MR) is 99.2 cm³/mol. The number of piperazine rings is 1. The standard InChI is InChI=1S/C20H20F2N4/c1-2-14-12-23-9-10-26(14)20-24-18-6-4-3-5-16(18)19(25-20)15-8-7-13(21)11-17(15)22/h3-8,11,14,23H,2,9-10,12H2,1H3. The van der Waals surface area contributed by atoms with Gasteiger partial charge in [-0.15, -0.1) is 0 Å². The number of fused-ring (bicyclic) bond motifs is 1. The lowest BCUT2D eigenvalue weighted by atomic mass is 10.1. The van der Waals surface area contributed by atoms with Crippen molar-refractivity contribution in [2.24, 2.45) is 0 Å². The molecule has 4 nitrogen and oxygen atoms in total. The van der Waals surface area contributed by atoms with Gasteiger partial charge in [-0.3, -0.25) is 0 Å². The van der Waals surface area contributed by atoms with Crippen molar-refractivity contribution < 1.29 is 8.78 Å². The second-order valence-corrected chi connectivity index (χ2v) is 6.47. The van der Waals surface area contributed by atoms with Crippen molar-refractivity contribution >= 4 is 16.9 Å². The van der Waals surface area contributed by atoms with Gasteiger partial charge in [-0.2, -0.15) is 0 Å². The van der Waals surface area contributed by atoms with Crippen molar-refractivity contribution in [2.75, 3.05) is 24.5 Å². The fourth-order valence-electron chi connectivity index (χ4n) is 3.47. The molecule has 0 radical (unpaired) electrons. The number of nitrogens with one attached hydrogen (secondary N) is 1.